The molecule has 6 nitrogen and oxygen atoms in total. The van der Waals surface area contributed by atoms with Gasteiger partial charge in [0.05, 0.1) is 26.2 Å². The number of aliphatic hydroxyl groups is 1. The predicted octanol–water partition coefficient (Wildman–Crippen LogP) is 6.18. The number of carbonyl (C=O) groups is 1. The molecular formula is C31H41NO5. The van der Waals surface area contributed by atoms with Crippen LogP contribution in [0.3, 0.4) is 0 Å². The van der Waals surface area contributed by atoms with Gasteiger partial charge >= 0.3 is 5.97 Å². The molecule has 0 unspecified atom stereocenters. The number of aliphatic carboxylic acids is 1. The zero-order valence-corrected chi connectivity index (χ0v) is 22.4. The van der Waals surface area contributed by atoms with E-state index in [9.17, 15) is 9.90 Å². The molecule has 37 heavy (non-hydrogen) atoms. The molecule has 0 fully saturated rings. The Kier molecular flexibility index (Phi) is 12.7. The molecule has 0 aliphatic carbocycles. The minimum absolute atomic E-state index is 0.173. The van der Waals surface area contributed by atoms with E-state index in [4.69, 9.17) is 14.6 Å². The van der Waals surface area contributed by atoms with Gasteiger partial charge in [-0.3, -0.25) is 4.79 Å². The molecule has 200 valence electrons. The average Bonchev–Trinajstić information content (AvgIpc) is 2.91. The third kappa shape index (κ3) is 10.7. The first-order chi connectivity index (χ1) is 17.8. The van der Waals surface area contributed by atoms with E-state index >= 15 is 0 Å². The van der Waals surface area contributed by atoms with Gasteiger partial charge in [-0.1, -0.05) is 80.1 Å². The zero-order valence-electron chi connectivity index (χ0n) is 22.4. The lowest BCUT2D eigenvalue weighted by molar-refractivity contribution is -0.143. The predicted molar refractivity (Wildman–Crippen MR) is 148 cm³/mol. The number of benzene rings is 3. The van der Waals surface area contributed by atoms with Crippen LogP contribution < -0.4 is 14.8 Å². The van der Waals surface area contributed by atoms with Gasteiger partial charge in [-0.05, 0) is 55.0 Å². The molecule has 3 aromatic rings. The van der Waals surface area contributed by atoms with E-state index in [1.54, 1.807) is 14.2 Å². The van der Waals surface area contributed by atoms with Crippen molar-refractivity contribution in [3.05, 3.63) is 95.6 Å². The van der Waals surface area contributed by atoms with E-state index in [0.29, 0.717) is 25.3 Å². The molecule has 0 bridgehead atoms. The van der Waals surface area contributed by atoms with Crippen LogP contribution in [0.5, 0.6) is 11.5 Å². The van der Waals surface area contributed by atoms with Crippen LogP contribution in [0.25, 0.3) is 0 Å². The summed E-state index contributed by atoms with van der Waals surface area (Å²) in [5.41, 5.74) is 2.52. The second-order valence-corrected chi connectivity index (χ2v) is 9.23. The Morgan fingerprint density at radius 1 is 0.892 bits per heavy atom. The zero-order chi connectivity index (χ0) is 27.1. The van der Waals surface area contributed by atoms with Crippen LogP contribution in [-0.4, -0.2) is 36.0 Å². The molecule has 0 aliphatic heterocycles. The summed E-state index contributed by atoms with van der Waals surface area (Å²) >= 11 is 0. The molecule has 0 aromatic heterocycles. The van der Waals surface area contributed by atoms with Crippen molar-refractivity contribution < 1.29 is 24.5 Å². The van der Waals surface area contributed by atoms with E-state index in [1.165, 1.54) is 11.1 Å². The monoisotopic (exact) mass is 507 g/mol. The average molecular weight is 508 g/mol. The van der Waals surface area contributed by atoms with Gasteiger partial charge in [0.2, 0.25) is 0 Å². The molecule has 0 spiro atoms. The number of carboxylic acids is 1. The van der Waals surface area contributed by atoms with Crippen molar-refractivity contribution >= 4 is 5.97 Å². The summed E-state index contributed by atoms with van der Waals surface area (Å²) in [7, 11) is 3.30. The molecule has 0 saturated heterocycles. The third-order valence-electron chi connectivity index (χ3n) is 6.28. The molecule has 0 heterocycles. The smallest absolute Gasteiger partial charge is 0.306 e. The summed E-state index contributed by atoms with van der Waals surface area (Å²) in [5.74, 6) is 0.584. The Labute approximate surface area is 221 Å². The van der Waals surface area contributed by atoms with Crippen LogP contribution in [0.2, 0.25) is 0 Å². The topological polar surface area (TPSA) is 88.0 Å². The van der Waals surface area contributed by atoms with Crippen molar-refractivity contribution in [2.24, 2.45) is 0 Å². The van der Waals surface area contributed by atoms with Crippen LogP contribution in [0.1, 0.15) is 62.3 Å². The lowest BCUT2D eigenvalue weighted by Crippen LogP contribution is -2.32. The fourth-order valence-corrected chi connectivity index (χ4v) is 4.19. The maximum atomic E-state index is 10.7. The van der Waals surface area contributed by atoms with Crippen molar-refractivity contribution in [3.8, 4) is 11.5 Å². The lowest BCUT2D eigenvalue weighted by Gasteiger charge is -2.26. The van der Waals surface area contributed by atoms with Crippen molar-refractivity contribution in [1.29, 1.82) is 0 Å². The summed E-state index contributed by atoms with van der Waals surface area (Å²) in [4.78, 5) is 10.7. The maximum absolute atomic E-state index is 10.7. The molecule has 0 aliphatic rings. The van der Waals surface area contributed by atoms with Crippen LogP contribution in [0.4, 0.5) is 0 Å². The molecule has 3 N–H and O–H groups in total. The molecule has 3 aromatic carbocycles. The first-order valence-corrected chi connectivity index (χ1v) is 12.8. The van der Waals surface area contributed by atoms with Crippen LogP contribution in [-0.2, 0) is 17.8 Å². The number of aryl methyl sites for hydroxylation is 1. The number of carboxylic acid groups (broad SMARTS) is 1. The van der Waals surface area contributed by atoms with E-state index in [0.717, 1.165) is 30.0 Å². The molecule has 0 saturated carbocycles. The third-order valence-corrected chi connectivity index (χ3v) is 6.28. The van der Waals surface area contributed by atoms with Crippen molar-refractivity contribution in [1.82, 2.24) is 5.32 Å². The van der Waals surface area contributed by atoms with E-state index < -0.39 is 11.6 Å². The van der Waals surface area contributed by atoms with E-state index in [1.807, 2.05) is 61.5 Å². The van der Waals surface area contributed by atoms with Gasteiger partial charge in [-0.2, -0.15) is 0 Å². The van der Waals surface area contributed by atoms with Gasteiger partial charge in [0, 0.05) is 12.6 Å². The molecule has 2 atom stereocenters. The van der Waals surface area contributed by atoms with Gasteiger partial charge in [-0.25, -0.2) is 0 Å². The summed E-state index contributed by atoms with van der Waals surface area (Å²) in [5, 5.41) is 22.6. The minimum atomic E-state index is -1.07. The van der Waals surface area contributed by atoms with Gasteiger partial charge < -0.3 is 25.0 Å². The largest absolute Gasteiger partial charge is 0.493 e. The highest BCUT2D eigenvalue weighted by Crippen LogP contribution is 2.28. The molecule has 0 amide bonds. The number of hydrogen-bond donors (Lipinski definition) is 3. The highest BCUT2D eigenvalue weighted by atomic mass is 16.5. The normalized spacial score (nSPS) is 13.0. The number of hydrogen-bond acceptors (Lipinski definition) is 5. The van der Waals surface area contributed by atoms with Crippen LogP contribution >= 0.6 is 0 Å². The highest BCUT2D eigenvalue weighted by Gasteiger charge is 2.28. The van der Waals surface area contributed by atoms with Crippen molar-refractivity contribution in [3.63, 3.8) is 0 Å². The number of nitrogens with one attached hydrogen (secondary N) is 1. The molecular weight excluding hydrogens is 466 g/mol. The molecule has 6 heteroatoms. The highest BCUT2D eigenvalue weighted by molar-refractivity contribution is 5.68. The standard InChI is InChI=1S/C17H21NO2.C14H20O3/c1-13(15-7-5-4-6-8-15)18-12-14-9-10-16(19-2)17(11-14)20-3;1-2-9-14(17,11-13(15)16)10-8-12-6-4-3-5-7-12/h4-11,13,18H,12H2,1-3H3;3-7,17H,2,8-11H2,1H3,(H,15,16)/t13-;14-/m11/s1. The van der Waals surface area contributed by atoms with E-state index in [2.05, 4.69) is 36.5 Å². The summed E-state index contributed by atoms with van der Waals surface area (Å²) < 4.78 is 10.6. The fraction of sp³-hybridized carbons (Fsp3) is 0.387. The van der Waals surface area contributed by atoms with Gasteiger partial charge in [-0.15, -0.1) is 0 Å². The van der Waals surface area contributed by atoms with Crippen molar-refractivity contribution in [2.45, 2.75) is 64.1 Å². The summed E-state index contributed by atoms with van der Waals surface area (Å²) in [6, 6.07) is 26.5. The fourth-order valence-electron chi connectivity index (χ4n) is 4.19. The first kappa shape index (κ1) is 29.9. The SMILES string of the molecule is CCC[C@@](O)(CCc1ccccc1)CC(=O)O.COc1ccc(CN[C@H](C)c2ccccc2)cc1OC. The van der Waals surface area contributed by atoms with Crippen LogP contribution in [0, 0.1) is 0 Å². The number of ether oxygens (including phenoxy) is 2. The van der Waals surface area contributed by atoms with Crippen LogP contribution in [0.15, 0.2) is 78.9 Å². The Morgan fingerprint density at radius 2 is 1.51 bits per heavy atom. The Morgan fingerprint density at radius 3 is 2.08 bits per heavy atom. The Bertz CT molecular complexity index is 1060. The first-order valence-electron chi connectivity index (χ1n) is 12.8. The number of rotatable bonds is 13. The Balaban J connectivity index is 0.000000264. The van der Waals surface area contributed by atoms with E-state index in [-0.39, 0.29) is 6.42 Å². The second kappa shape index (κ2) is 15.7. The molecule has 0 radical (unpaired) electrons. The second-order valence-electron chi connectivity index (χ2n) is 9.23. The number of methoxy groups -OCH3 is 2. The summed E-state index contributed by atoms with van der Waals surface area (Å²) in [6.45, 7) is 4.90. The van der Waals surface area contributed by atoms with Gasteiger partial charge in [0.1, 0.15) is 0 Å². The van der Waals surface area contributed by atoms with Gasteiger partial charge in [0.25, 0.3) is 0 Å². The summed E-state index contributed by atoms with van der Waals surface area (Å²) in [6.07, 6.45) is 2.36. The molecule has 3 rings (SSSR count). The maximum Gasteiger partial charge on any atom is 0.306 e. The lowest BCUT2D eigenvalue weighted by atomic mass is 9.87. The quantitative estimate of drug-likeness (QED) is 0.256. The van der Waals surface area contributed by atoms with Crippen molar-refractivity contribution in [2.75, 3.05) is 14.2 Å². The minimum Gasteiger partial charge on any atom is -0.493 e. The Hall–Kier alpha value is -3.35. The van der Waals surface area contributed by atoms with Gasteiger partial charge in [0.15, 0.2) is 11.5 Å².